The van der Waals surface area contributed by atoms with Gasteiger partial charge in [-0.1, -0.05) is 26.5 Å². The summed E-state index contributed by atoms with van der Waals surface area (Å²) in [5.74, 6) is 0.952. The van der Waals surface area contributed by atoms with Gasteiger partial charge in [0.25, 0.3) is 0 Å². The Morgan fingerprint density at radius 2 is 2.27 bits per heavy atom. The molecule has 1 aliphatic heterocycles. The second kappa shape index (κ2) is 9.30. The second-order valence-electron chi connectivity index (χ2n) is 6.42. The van der Waals surface area contributed by atoms with Gasteiger partial charge in [0, 0.05) is 11.6 Å². The Morgan fingerprint density at radius 3 is 2.88 bits per heavy atom. The molecule has 0 amide bonds. The number of aromatic nitrogens is 2. The first-order chi connectivity index (χ1) is 12.5. The third kappa shape index (κ3) is 4.39. The van der Waals surface area contributed by atoms with Crippen molar-refractivity contribution in [3.8, 4) is 0 Å². The number of hydrogen-bond donors (Lipinski definition) is 3. The van der Waals surface area contributed by atoms with Gasteiger partial charge in [-0.15, -0.1) is 0 Å². The molecule has 0 saturated heterocycles. The Morgan fingerprint density at radius 1 is 1.50 bits per heavy atom. The molecule has 0 fully saturated rings. The van der Waals surface area contributed by atoms with E-state index in [0.717, 1.165) is 11.5 Å². The Balaban J connectivity index is 2.31. The summed E-state index contributed by atoms with van der Waals surface area (Å²) in [5, 5.41) is 14.0. The molecule has 4 N–H and O–H groups in total. The van der Waals surface area contributed by atoms with Crippen LogP contribution in [-0.2, 0) is 6.54 Å². The maximum absolute atomic E-state index is 10.9. The van der Waals surface area contributed by atoms with Crippen LogP contribution in [0.2, 0.25) is 0 Å². The van der Waals surface area contributed by atoms with E-state index < -0.39 is 6.23 Å². The lowest BCUT2D eigenvalue weighted by Gasteiger charge is -2.42. The number of nitrogens with two attached hydrogens (primary N) is 1. The molecule has 0 aliphatic carbocycles. The van der Waals surface area contributed by atoms with E-state index in [0.29, 0.717) is 6.54 Å². The number of nitrogens with zero attached hydrogens (tertiary/aromatic N) is 5. The Kier molecular flexibility index (Phi) is 7.11. The number of nitrogens with one attached hydrogen (secondary N) is 1. The minimum absolute atomic E-state index is 0.0717. The number of hydrogen-bond acceptors (Lipinski definition) is 6. The molecule has 0 saturated carbocycles. The lowest BCUT2D eigenvalue weighted by molar-refractivity contribution is -0.0361. The topological polar surface area (TPSA) is 104 Å². The minimum Gasteiger partial charge on any atom is -0.373 e. The van der Waals surface area contributed by atoms with Gasteiger partial charge in [-0.2, -0.15) is 0 Å². The summed E-state index contributed by atoms with van der Waals surface area (Å²) < 4.78 is 1.92. The fraction of sp³-hybridized carbons (Fsp3) is 0.500. The van der Waals surface area contributed by atoms with Crippen molar-refractivity contribution >= 4 is 17.9 Å². The number of aliphatic hydroxyl groups is 1. The SMILES string of the molecule is C=CN1C(Cn2cncc2NC=NCN)N=C(/C=C\C)C(C(C)C)C1O. The molecule has 0 spiro atoms. The molecular weight excluding hydrogens is 330 g/mol. The standard InChI is InChI=1S/C18H29N7O/c1-5-7-14-17(13(3)4)18(26)25(6-2)16(23-14)9-24-12-20-8-15(24)22-11-21-10-19/h5-8,11-13,16-18,26H,2,9-10,19H2,1,3-4H3,(H,21,22)/b7-5-. The van der Waals surface area contributed by atoms with E-state index >= 15 is 0 Å². The normalized spacial score (nSPS) is 23.8. The number of imidazole rings is 1. The monoisotopic (exact) mass is 359 g/mol. The summed E-state index contributed by atoms with van der Waals surface area (Å²) in [7, 11) is 0. The zero-order valence-corrected chi connectivity index (χ0v) is 15.7. The smallest absolute Gasteiger partial charge is 0.141 e. The number of anilines is 1. The lowest BCUT2D eigenvalue weighted by Crippen LogP contribution is -2.52. The number of aliphatic imine (C=N–C) groups is 2. The van der Waals surface area contributed by atoms with E-state index in [-0.39, 0.29) is 24.7 Å². The van der Waals surface area contributed by atoms with Crippen LogP contribution in [0.4, 0.5) is 5.82 Å². The van der Waals surface area contributed by atoms with Gasteiger partial charge in [-0.25, -0.2) is 4.98 Å². The third-order valence-electron chi connectivity index (χ3n) is 4.36. The van der Waals surface area contributed by atoms with Crippen LogP contribution in [0.25, 0.3) is 0 Å². The van der Waals surface area contributed by atoms with E-state index in [1.54, 1.807) is 23.6 Å². The summed E-state index contributed by atoms with van der Waals surface area (Å²) >= 11 is 0. The summed E-state index contributed by atoms with van der Waals surface area (Å²) in [5.41, 5.74) is 6.26. The van der Waals surface area contributed by atoms with Crippen molar-refractivity contribution in [1.82, 2.24) is 14.5 Å². The highest BCUT2D eigenvalue weighted by molar-refractivity contribution is 5.98. The highest BCUT2D eigenvalue weighted by Crippen LogP contribution is 2.29. The summed E-state index contributed by atoms with van der Waals surface area (Å²) in [6, 6.07) is 0. The van der Waals surface area contributed by atoms with E-state index in [1.807, 2.05) is 23.6 Å². The first kappa shape index (κ1) is 19.9. The van der Waals surface area contributed by atoms with Crippen LogP contribution >= 0.6 is 0 Å². The van der Waals surface area contributed by atoms with Crippen LogP contribution in [0.5, 0.6) is 0 Å². The molecule has 0 bridgehead atoms. The van der Waals surface area contributed by atoms with Crippen molar-refractivity contribution in [2.75, 3.05) is 12.0 Å². The fourth-order valence-electron chi connectivity index (χ4n) is 3.14. The van der Waals surface area contributed by atoms with Gasteiger partial charge in [0.05, 0.1) is 32.1 Å². The van der Waals surface area contributed by atoms with Crippen molar-refractivity contribution in [3.05, 3.63) is 37.5 Å². The number of allylic oxidation sites excluding steroid dienone is 2. The maximum atomic E-state index is 10.9. The predicted molar refractivity (Wildman–Crippen MR) is 106 cm³/mol. The first-order valence-corrected chi connectivity index (χ1v) is 8.76. The molecule has 1 aromatic heterocycles. The van der Waals surface area contributed by atoms with E-state index in [4.69, 9.17) is 10.7 Å². The largest absolute Gasteiger partial charge is 0.373 e. The minimum atomic E-state index is -0.681. The Bertz CT molecular complexity index is 677. The van der Waals surface area contributed by atoms with E-state index in [9.17, 15) is 5.11 Å². The molecule has 3 unspecified atom stereocenters. The van der Waals surface area contributed by atoms with Crippen LogP contribution in [0.3, 0.4) is 0 Å². The summed E-state index contributed by atoms with van der Waals surface area (Å²) in [4.78, 5) is 14.8. The molecule has 26 heavy (non-hydrogen) atoms. The van der Waals surface area contributed by atoms with Crippen LogP contribution in [0.1, 0.15) is 20.8 Å². The lowest BCUT2D eigenvalue weighted by atomic mass is 9.86. The van der Waals surface area contributed by atoms with Crippen molar-refractivity contribution in [2.45, 2.75) is 39.7 Å². The van der Waals surface area contributed by atoms with Crippen molar-refractivity contribution < 1.29 is 5.11 Å². The van der Waals surface area contributed by atoms with E-state index in [1.165, 1.54) is 6.34 Å². The van der Waals surface area contributed by atoms with Crippen LogP contribution < -0.4 is 11.1 Å². The quantitative estimate of drug-likeness (QED) is 0.483. The molecule has 8 nitrogen and oxygen atoms in total. The molecule has 0 radical (unpaired) electrons. The average Bonchev–Trinajstić information content (AvgIpc) is 3.02. The molecular formula is C18H29N7O. The average molecular weight is 359 g/mol. The highest BCUT2D eigenvalue weighted by atomic mass is 16.3. The summed E-state index contributed by atoms with van der Waals surface area (Å²) in [6.45, 7) is 10.7. The van der Waals surface area contributed by atoms with E-state index in [2.05, 4.69) is 35.7 Å². The van der Waals surface area contributed by atoms with Crippen LogP contribution in [0, 0.1) is 11.8 Å². The van der Waals surface area contributed by atoms with Gasteiger partial charge >= 0.3 is 0 Å². The first-order valence-electron chi connectivity index (χ1n) is 8.76. The summed E-state index contributed by atoms with van der Waals surface area (Å²) in [6.07, 6.45) is 9.57. The number of rotatable bonds is 8. The van der Waals surface area contributed by atoms with Gasteiger partial charge < -0.3 is 25.6 Å². The van der Waals surface area contributed by atoms with Gasteiger partial charge in [0.1, 0.15) is 18.2 Å². The zero-order chi connectivity index (χ0) is 19.1. The second-order valence-corrected chi connectivity index (χ2v) is 6.42. The molecule has 8 heteroatoms. The highest BCUT2D eigenvalue weighted by Gasteiger charge is 2.37. The third-order valence-corrected chi connectivity index (χ3v) is 4.36. The van der Waals surface area contributed by atoms with Gasteiger partial charge in [0.15, 0.2) is 0 Å². The molecule has 2 heterocycles. The molecule has 1 aliphatic rings. The molecule has 0 aromatic carbocycles. The molecule has 3 atom stereocenters. The number of aliphatic hydroxyl groups excluding tert-OH is 1. The Hall–Kier alpha value is -2.45. The molecule has 1 aromatic rings. The van der Waals surface area contributed by atoms with Gasteiger partial charge in [-0.3, -0.25) is 9.98 Å². The molecule has 142 valence electrons. The van der Waals surface area contributed by atoms with Crippen LogP contribution in [0.15, 0.2) is 47.4 Å². The van der Waals surface area contributed by atoms with Crippen molar-refractivity contribution in [1.29, 1.82) is 0 Å². The van der Waals surface area contributed by atoms with Gasteiger partial charge in [0.2, 0.25) is 0 Å². The fourth-order valence-corrected chi connectivity index (χ4v) is 3.14. The predicted octanol–water partition coefficient (Wildman–Crippen LogP) is 1.63. The Labute approximate surface area is 154 Å². The van der Waals surface area contributed by atoms with Crippen LogP contribution in [-0.4, -0.2) is 50.7 Å². The zero-order valence-electron chi connectivity index (χ0n) is 15.7. The van der Waals surface area contributed by atoms with Crippen molar-refractivity contribution in [2.24, 2.45) is 27.6 Å². The van der Waals surface area contributed by atoms with Crippen molar-refractivity contribution in [3.63, 3.8) is 0 Å². The maximum Gasteiger partial charge on any atom is 0.141 e. The van der Waals surface area contributed by atoms with Gasteiger partial charge in [-0.05, 0) is 25.1 Å². The molecule has 2 rings (SSSR count).